The van der Waals surface area contributed by atoms with Gasteiger partial charge in [-0.1, -0.05) is 81.5 Å². The Labute approximate surface area is 188 Å². The number of phenolic OH excluding ortho intramolecular Hbond substituents is 1. The largest absolute Gasteiger partial charge is 0.507 e. The highest BCUT2D eigenvalue weighted by atomic mass is 31.1. The predicted octanol–water partition coefficient (Wildman–Crippen LogP) is 5.44. The standard InChI is InChI=1S/C28H32NOP/c1-29(2)25-15-9-10-16-26(25)31-27-20-23(17-21-11-5-3-6-12-21)19-24(28(27)30)18-22-13-7-4-8-14-22/h3-11,13,15-16,19-22,30-31H,12,14,17-18H2,1-2H3. The van der Waals surface area contributed by atoms with Gasteiger partial charge in [0.2, 0.25) is 0 Å². The van der Waals surface area contributed by atoms with Gasteiger partial charge in [0.15, 0.2) is 0 Å². The Balaban J connectivity index is 1.67. The van der Waals surface area contributed by atoms with Gasteiger partial charge < -0.3 is 10.0 Å². The molecule has 0 heterocycles. The Bertz CT molecular complexity index is 1030. The molecule has 1 N–H and O–H groups in total. The molecule has 0 aromatic heterocycles. The maximum Gasteiger partial charge on any atom is 0.126 e. The van der Waals surface area contributed by atoms with Crippen molar-refractivity contribution in [1.82, 2.24) is 0 Å². The summed E-state index contributed by atoms with van der Waals surface area (Å²) >= 11 is 0. The minimum Gasteiger partial charge on any atom is -0.507 e. The Morgan fingerprint density at radius 2 is 1.55 bits per heavy atom. The van der Waals surface area contributed by atoms with E-state index in [9.17, 15) is 5.11 Å². The second-order valence-electron chi connectivity index (χ2n) is 8.71. The van der Waals surface area contributed by atoms with E-state index < -0.39 is 0 Å². The molecule has 0 saturated carbocycles. The summed E-state index contributed by atoms with van der Waals surface area (Å²) in [4.78, 5) is 2.16. The number of para-hydroxylation sites is 1. The topological polar surface area (TPSA) is 23.5 Å². The summed E-state index contributed by atoms with van der Waals surface area (Å²) in [6, 6.07) is 13.0. The van der Waals surface area contributed by atoms with Crippen LogP contribution in [0.25, 0.3) is 0 Å². The zero-order valence-corrected chi connectivity index (χ0v) is 19.5. The van der Waals surface area contributed by atoms with Crippen LogP contribution in [0.4, 0.5) is 5.69 Å². The number of benzene rings is 2. The fourth-order valence-corrected chi connectivity index (χ4v) is 5.84. The third kappa shape index (κ3) is 5.57. The summed E-state index contributed by atoms with van der Waals surface area (Å²) in [5, 5.41) is 13.6. The molecule has 3 atom stereocenters. The average molecular weight is 430 g/mol. The van der Waals surface area contributed by atoms with E-state index in [0.29, 0.717) is 26.2 Å². The smallest absolute Gasteiger partial charge is 0.126 e. The van der Waals surface area contributed by atoms with Gasteiger partial charge in [0, 0.05) is 30.4 Å². The van der Waals surface area contributed by atoms with Crippen LogP contribution in [0.1, 0.15) is 24.0 Å². The normalized spacial score (nSPS) is 20.1. The van der Waals surface area contributed by atoms with Crippen LogP contribution in [0.3, 0.4) is 0 Å². The Morgan fingerprint density at radius 1 is 0.871 bits per heavy atom. The summed E-state index contributed by atoms with van der Waals surface area (Å²) < 4.78 is 0. The first-order valence-electron chi connectivity index (χ1n) is 11.1. The molecule has 3 heteroatoms. The molecule has 0 aliphatic heterocycles. The molecule has 2 aliphatic rings. The minimum atomic E-state index is 0.429. The van der Waals surface area contributed by atoms with Gasteiger partial charge in [-0.3, -0.25) is 0 Å². The van der Waals surface area contributed by atoms with Crippen molar-refractivity contribution < 1.29 is 5.11 Å². The second kappa shape index (κ2) is 10.2. The van der Waals surface area contributed by atoms with E-state index in [1.54, 1.807) is 0 Å². The highest BCUT2D eigenvalue weighted by molar-refractivity contribution is 7.56. The van der Waals surface area contributed by atoms with Crippen molar-refractivity contribution in [2.24, 2.45) is 11.8 Å². The van der Waals surface area contributed by atoms with Gasteiger partial charge in [0.05, 0.1) is 0 Å². The molecule has 4 rings (SSSR count). The fourth-order valence-electron chi connectivity index (χ4n) is 4.40. The molecule has 0 bridgehead atoms. The monoisotopic (exact) mass is 429 g/mol. The molecule has 0 radical (unpaired) electrons. The van der Waals surface area contributed by atoms with Gasteiger partial charge in [-0.05, 0) is 60.8 Å². The predicted molar refractivity (Wildman–Crippen MR) is 137 cm³/mol. The zero-order valence-electron chi connectivity index (χ0n) is 18.5. The number of aromatic hydroxyl groups is 1. The summed E-state index contributed by atoms with van der Waals surface area (Å²) in [5.74, 6) is 1.47. The maximum absolute atomic E-state index is 11.3. The first kappa shape index (κ1) is 21.7. The number of nitrogens with zero attached hydrogens (tertiary/aromatic N) is 1. The summed E-state index contributed by atoms with van der Waals surface area (Å²) in [6.07, 6.45) is 21.6. The lowest BCUT2D eigenvalue weighted by molar-refractivity contribution is 0.467. The van der Waals surface area contributed by atoms with Crippen molar-refractivity contribution in [1.29, 1.82) is 0 Å². The van der Waals surface area contributed by atoms with E-state index in [2.05, 4.69) is 104 Å². The van der Waals surface area contributed by atoms with Gasteiger partial charge in [0.1, 0.15) is 5.75 Å². The number of hydrogen-bond acceptors (Lipinski definition) is 2. The highest BCUT2D eigenvalue weighted by Gasteiger charge is 2.17. The van der Waals surface area contributed by atoms with E-state index >= 15 is 0 Å². The van der Waals surface area contributed by atoms with Crippen LogP contribution >= 0.6 is 8.58 Å². The first-order valence-corrected chi connectivity index (χ1v) is 12.1. The highest BCUT2D eigenvalue weighted by Crippen LogP contribution is 2.31. The molecule has 0 fully saturated rings. The lowest BCUT2D eigenvalue weighted by Crippen LogP contribution is -2.18. The van der Waals surface area contributed by atoms with Gasteiger partial charge in [-0.15, -0.1) is 0 Å². The lowest BCUT2D eigenvalue weighted by Gasteiger charge is -2.21. The summed E-state index contributed by atoms with van der Waals surface area (Å²) in [6.45, 7) is 0. The number of rotatable bonds is 7. The molecule has 3 unspecified atom stereocenters. The number of anilines is 1. The van der Waals surface area contributed by atoms with E-state index in [-0.39, 0.29) is 0 Å². The van der Waals surface area contributed by atoms with Crippen LogP contribution in [0.2, 0.25) is 0 Å². The Kier molecular flexibility index (Phi) is 7.10. The average Bonchev–Trinajstić information content (AvgIpc) is 2.78. The molecule has 2 nitrogen and oxygen atoms in total. The van der Waals surface area contributed by atoms with Crippen molar-refractivity contribution in [2.75, 3.05) is 19.0 Å². The van der Waals surface area contributed by atoms with Crippen LogP contribution in [0.15, 0.2) is 85.0 Å². The van der Waals surface area contributed by atoms with Crippen LogP contribution < -0.4 is 15.5 Å². The number of hydrogen-bond donors (Lipinski definition) is 1. The van der Waals surface area contributed by atoms with Crippen molar-refractivity contribution in [2.45, 2.75) is 25.7 Å². The van der Waals surface area contributed by atoms with Crippen molar-refractivity contribution >= 4 is 24.9 Å². The lowest BCUT2D eigenvalue weighted by atomic mass is 9.89. The van der Waals surface area contributed by atoms with Gasteiger partial charge >= 0.3 is 0 Å². The van der Waals surface area contributed by atoms with E-state index in [4.69, 9.17) is 0 Å². The minimum absolute atomic E-state index is 0.429. The van der Waals surface area contributed by atoms with Gasteiger partial charge in [-0.2, -0.15) is 0 Å². The van der Waals surface area contributed by atoms with E-state index in [1.165, 1.54) is 16.6 Å². The molecule has 160 valence electrons. The number of allylic oxidation sites excluding steroid dienone is 8. The summed E-state index contributed by atoms with van der Waals surface area (Å²) in [7, 11) is 4.59. The van der Waals surface area contributed by atoms with Crippen molar-refractivity contribution in [3.8, 4) is 5.75 Å². The zero-order chi connectivity index (χ0) is 21.6. The van der Waals surface area contributed by atoms with Crippen molar-refractivity contribution in [3.63, 3.8) is 0 Å². The van der Waals surface area contributed by atoms with Crippen LogP contribution in [-0.2, 0) is 12.8 Å². The SMILES string of the molecule is CN(C)c1ccccc1Pc1cc(CC2C=CC=CC2)cc(CC2C=CC=CC2)c1O. The van der Waals surface area contributed by atoms with Crippen LogP contribution in [-0.4, -0.2) is 19.2 Å². The molecule has 0 amide bonds. The third-order valence-electron chi connectivity index (χ3n) is 6.02. The molecule has 2 aliphatic carbocycles. The second-order valence-corrected chi connectivity index (χ2v) is 10.0. The van der Waals surface area contributed by atoms with Gasteiger partial charge in [-0.25, -0.2) is 0 Å². The van der Waals surface area contributed by atoms with Crippen molar-refractivity contribution in [3.05, 3.63) is 96.1 Å². The summed E-state index contributed by atoms with van der Waals surface area (Å²) in [5.41, 5.74) is 3.63. The quantitative estimate of drug-likeness (QED) is 0.593. The first-order chi connectivity index (χ1) is 15.1. The molecule has 31 heavy (non-hydrogen) atoms. The molecule has 0 saturated heterocycles. The van der Waals surface area contributed by atoms with E-state index in [1.807, 2.05) is 0 Å². The third-order valence-corrected chi connectivity index (χ3v) is 7.37. The van der Waals surface area contributed by atoms with Crippen LogP contribution in [0, 0.1) is 11.8 Å². The maximum atomic E-state index is 11.3. The Hall–Kier alpha value is -2.57. The van der Waals surface area contributed by atoms with E-state index in [0.717, 1.165) is 36.6 Å². The van der Waals surface area contributed by atoms with Gasteiger partial charge in [0.25, 0.3) is 0 Å². The molecular weight excluding hydrogens is 397 g/mol. The number of phenols is 1. The molecule has 0 spiro atoms. The van der Waals surface area contributed by atoms with Crippen LogP contribution in [0.5, 0.6) is 5.75 Å². The molecule has 2 aromatic rings. The Morgan fingerprint density at radius 3 is 2.19 bits per heavy atom. The molecule has 2 aromatic carbocycles. The fraction of sp³-hybridized carbons (Fsp3) is 0.286. The molecular formula is C28H32NOP.